The van der Waals surface area contributed by atoms with Crippen molar-refractivity contribution in [2.24, 2.45) is 0 Å². The zero-order valence-electron chi connectivity index (χ0n) is 17.9. The summed E-state index contributed by atoms with van der Waals surface area (Å²) in [6.45, 7) is 3.88. The van der Waals surface area contributed by atoms with Crippen LogP contribution in [-0.2, 0) is 4.74 Å². The first-order chi connectivity index (χ1) is 16.1. The maximum Gasteiger partial charge on any atom is 0.331 e. The molecule has 8 heteroatoms. The predicted molar refractivity (Wildman–Crippen MR) is 124 cm³/mol. The number of nitrogens with one attached hydrogen (secondary N) is 1. The first-order valence-electron chi connectivity index (χ1n) is 11.1. The maximum absolute atomic E-state index is 13.4. The number of ether oxygens (including phenoxy) is 1. The smallest absolute Gasteiger partial charge is 0.331 e. The molecule has 0 spiro atoms. The van der Waals surface area contributed by atoms with Crippen LogP contribution in [-0.4, -0.2) is 70.6 Å². The van der Waals surface area contributed by atoms with Crippen molar-refractivity contribution in [2.45, 2.75) is 0 Å². The standard InChI is InChI=1S/C25H22N4O4/c30-23-17-5-3-4-16-20(29-21-7-2-1-6-19(21)26-25(29)32)9-8-18(22(16)17)24(31)28(23)11-10-27-12-14-33-15-13-27/h1-9H,10-15H2,(H,26,32). The second-order valence-electron chi connectivity index (χ2n) is 8.36. The van der Waals surface area contributed by atoms with E-state index in [0.29, 0.717) is 53.9 Å². The average Bonchev–Trinajstić information content (AvgIpc) is 3.18. The first kappa shape index (κ1) is 19.9. The number of hydrogen-bond donors (Lipinski definition) is 1. The van der Waals surface area contributed by atoms with E-state index in [1.807, 2.05) is 30.3 Å². The molecule has 3 heterocycles. The number of benzene rings is 3. The summed E-state index contributed by atoms with van der Waals surface area (Å²) in [5.41, 5.74) is 2.81. The molecule has 3 aromatic carbocycles. The molecule has 0 radical (unpaired) electrons. The van der Waals surface area contributed by atoms with Gasteiger partial charge in [-0.3, -0.25) is 24.0 Å². The van der Waals surface area contributed by atoms with Gasteiger partial charge in [0.1, 0.15) is 0 Å². The Labute approximate surface area is 189 Å². The van der Waals surface area contributed by atoms with E-state index >= 15 is 0 Å². The molecule has 0 aliphatic carbocycles. The van der Waals surface area contributed by atoms with Gasteiger partial charge in [0.25, 0.3) is 11.8 Å². The SMILES string of the molecule is O=C1c2cccc3c(-n4c(=O)[nH]c5ccccc54)ccc(c23)C(=O)N1CCN1CCOCC1. The largest absolute Gasteiger partial charge is 0.379 e. The number of aromatic amines is 1. The topological polar surface area (TPSA) is 87.6 Å². The van der Waals surface area contributed by atoms with Crippen molar-refractivity contribution in [3.05, 3.63) is 76.2 Å². The summed E-state index contributed by atoms with van der Waals surface area (Å²) in [5.74, 6) is -0.593. The maximum atomic E-state index is 13.4. The van der Waals surface area contributed by atoms with E-state index in [0.717, 1.165) is 24.1 Å². The van der Waals surface area contributed by atoms with E-state index in [2.05, 4.69) is 9.88 Å². The normalized spacial score (nSPS) is 16.8. The molecule has 1 aromatic heterocycles. The molecule has 0 atom stereocenters. The fourth-order valence-corrected chi connectivity index (χ4v) is 4.89. The minimum Gasteiger partial charge on any atom is -0.379 e. The van der Waals surface area contributed by atoms with Gasteiger partial charge >= 0.3 is 5.69 Å². The number of fused-ring (bicyclic) bond motifs is 1. The number of aromatic nitrogens is 2. The number of para-hydroxylation sites is 2. The van der Waals surface area contributed by atoms with Crippen molar-refractivity contribution >= 4 is 33.6 Å². The Hall–Kier alpha value is -3.75. The molecular weight excluding hydrogens is 420 g/mol. The number of nitrogens with zero attached hydrogens (tertiary/aromatic N) is 3. The van der Waals surface area contributed by atoms with Crippen molar-refractivity contribution in [1.29, 1.82) is 0 Å². The van der Waals surface area contributed by atoms with Crippen LogP contribution in [0, 0.1) is 0 Å². The third-order valence-corrected chi connectivity index (χ3v) is 6.54. The third kappa shape index (κ3) is 3.10. The van der Waals surface area contributed by atoms with Crippen molar-refractivity contribution < 1.29 is 14.3 Å². The summed E-state index contributed by atoms with van der Waals surface area (Å²) in [5, 5.41) is 1.30. The number of H-pyrrole nitrogens is 1. The van der Waals surface area contributed by atoms with Gasteiger partial charge in [0.15, 0.2) is 0 Å². The number of morpholine rings is 1. The van der Waals surface area contributed by atoms with Gasteiger partial charge < -0.3 is 9.72 Å². The van der Waals surface area contributed by atoms with Gasteiger partial charge in [0, 0.05) is 48.1 Å². The lowest BCUT2D eigenvalue weighted by Gasteiger charge is -2.31. The van der Waals surface area contributed by atoms with Crippen molar-refractivity contribution in [2.75, 3.05) is 39.4 Å². The fraction of sp³-hybridized carbons (Fsp3) is 0.240. The Morgan fingerprint density at radius 1 is 0.818 bits per heavy atom. The van der Waals surface area contributed by atoms with E-state index in [4.69, 9.17) is 4.74 Å². The minimum atomic E-state index is -0.296. The molecule has 0 bridgehead atoms. The zero-order chi connectivity index (χ0) is 22.5. The third-order valence-electron chi connectivity index (χ3n) is 6.54. The van der Waals surface area contributed by atoms with Crippen LogP contribution >= 0.6 is 0 Å². The van der Waals surface area contributed by atoms with Gasteiger partial charge in [-0.2, -0.15) is 0 Å². The molecular formula is C25H22N4O4. The van der Waals surface area contributed by atoms with Crippen LogP contribution in [0.4, 0.5) is 0 Å². The van der Waals surface area contributed by atoms with E-state index in [-0.39, 0.29) is 17.5 Å². The van der Waals surface area contributed by atoms with Gasteiger partial charge in [-0.1, -0.05) is 24.3 Å². The van der Waals surface area contributed by atoms with Crippen LogP contribution in [0.2, 0.25) is 0 Å². The summed E-state index contributed by atoms with van der Waals surface area (Å²) in [6, 6.07) is 16.4. The number of carbonyl (C=O) groups excluding carboxylic acids is 2. The monoisotopic (exact) mass is 442 g/mol. The molecule has 2 aliphatic heterocycles. The fourth-order valence-electron chi connectivity index (χ4n) is 4.89. The molecule has 0 saturated carbocycles. The van der Waals surface area contributed by atoms with Crippen molar-refractivity contribution in [1.82, 2.24) is 19.4 Å². The van der Waals surface area contributed by atoms with E-state index in [9.17, 15) is 14.4 Å². The van der Waals surface area contributed by atoms with E-state index < -0.39 is 0 Å². The van der Waals surface area contributed by atoms with Crippen LogP contribution in [0.25, 0.3) is 27.5 Å². The van der Waals surface area contributed by atoms with E-state index in [1.165, 1.54) is 4.90 Å². The lowest BCUT2D eigenvalue weighted by molar-refractivity contribution is 0.0316. The summed E-state index contributed by atoms with van der Waals surface area (Å²) < 4.78 is 6.98. The molecule has 166 valence electrons. The Morgan fingerprint density at radius 2 is 1.58 bits per heavy atom. The number of amides is 2. The number of imide groups is 1. The number of rotatable bonds is 4. The van der Waals surface area contributed by atoms with Crippen LogP contribution in [0.1, 0.15) is 20.7 Å². The van der Waals surface area contributed by atoms with Crippen LogP contribution in [0.15, 0.2) is 59.4 Å². The minimum absolute atomic E-state index is 0.266. The second-order valence-corrected chi connectivity index (χ2v) is 8.36. The van der Waals surface area contributed by atoms with Gasteiger partial charge in [0.05, 0.1) is 29.9 Å². The molecule has 33 heavy (non-hydrogen) atoms. The lowest BCUT2D eigenvalue weighted by atomic mass is 9.93. The highest BCUT2D eigenvalue weighted by molar-refractivity contribution is 6.26. The molecule has 0 unspecified atom stereocenters. The van der Waals surface area contributed by atoms with Gasteiger partial charge in [0.2, 0.25) is 0 Å². The molecule has 8 nitrogen and oxygen atoms in total. The number of imidazole rings is 1. The van der Waals surface area contributed by atoms with E-state index in [1.54, 1.807) is 28.8 Å². The Morgan fingerprint density at radius 3 is 2.39 bits per heavy atom. The molecule has 6 rings (SSSR count). The highest BCUT2D eigenvalue weighted by atomic mass is 16.5. The highest BCUT2D eigenvalue weighted by Crippen LogP contribution is 2.34. The lowest BCUT2D eigenvalue weighted by Crippen LogP contribution is -2.46. The average molecular weight is 442 g/mol. The van der Waals surface area contributed by atoms with Crippen LogP contribution in [0.3, 0.4) is 0 Å². The predicted octanol–water partition coefficient (Wildman–Crippen LogP) is 2.40. The molecule has 4 aromatic rings. The molecule has 2 amide bonds. The quantitative estimate of drug-likeness (QED) is 0.491. The summed E-state index contributed by atoms with van der Waals surface area (Å²) in [6.07, 6.45) is 0. The second kappa shape index (κ2) is 7.68. The molecule has 2 aliphatic rings. The summed E-state index contributed by atoms with van der Waals surface area (Å²) >= 11 is 0. The summed E-state index contributed by atoms with van der Waals surface area (Å²) in [7, 11) is 0. The number of hydrogen-bond acceptors (Lipinski definition) is 5. The van der Waals surface area contributed by atoms with Crippen LogP contribution < -0.4 is 5.69 Å². The Bertz CT molecular complexity index is 1460. The zero-order valence-corrected chi connectivity index (χ0v) is 17.9. The van der Waals surface area contributed by atoms with Gasteiger partial charge in [-0.05, 0) is 30.3 Å². The summed E-state index contributed by atoms with van der Waals surface area (Å²) in [4.78, 5) is 45.9. The van der Waals surface area contributed by atoms with Crippen molar-refractivity contribution in [3.63, 3.8) is 0 Å². The first-order valence-corrected chi connectivity index (χ1v) is 11.1. The van der Waals surface area contributed by atoms with Gasteiger partial charge in [-0.25, -0.2) is 4.79 Å². The Balaban J connectivity index is 1.45. The highest BCUT2D eigenvalue weighted by Gasteiger charge is 2.33. The molecule has 1 N–H and O–H groups in total. The van der Waals surface area contributed by atoms with Crippen LogP contribution in [0.5, 0.6) is 0 Å². The van der Waals surface area contributed by atoms with Gasteiger partial charge in [-0.15, -0.1) is 0 Å². The Kier molecular flexibility index (Phi) is 4.63. The molecule has 1 saturated heterocycles. The molecule has 1 fully saturated rings. The van der Waals surface area contributed by atoms with Crippen molar-refractivity contribution in [3.8, 4) is 5.69 Å². The number of carbonyl (C=O) groups is 2.